The van der Waals surface area contributed by atoms with Gasteiger partial charge in [0.15, 0.2) is 0 Å². The van der Waals surface area contributed by atoms with E-state index in [2.05, 4.69) is 30.3 Å². The number of carbonyl (C=O) groups excluding carboxylic acids is 1. The second-order valence-electron chi connectivity index (χ2n) is 7.81. The summed E-state index contributed by atoms with van der Waals surface area (Å²) in [6, 6.07) is 10.8. The molecular weight excluding hydrogens is 372 g/mol. The quantitative estimate of drug-likeness (QED) is 0.856. The highest BCUT2D eigenvalue weighted by Crippen LogP contribution is 2.40. The predicted molar refractivity (Wildman–Crippen MR) is 111 cm³/mol. The van der Waals surface area contributed by atoms with Crippen molar-refractivity contribution in [2.75, 3.05) is 26.7 Å². The van der Waals surface area contributed by atoms with Crippen molar-refractivity contribution >= 4 is 23.2 Å². The Morgan fingerprint density at radius 1 is 1.18 bits per heavy atom. The number of hydrogen-bond donors (Lipinski definition) is 1. The van der Waals surface area contributed by atoms with Gasteiger partial charge in [0, 0.05) is 24.0 Å². The average Bonchev–Trinajstić information content (AvgIpc) is 2.97. The largest absolute Gasteiger partial charge is 0.480 e. The number of carboxylic acid groups (broad SMARTS) is 1. The molecular formula is C22H26N2O3S. The molecule has 6 heteroatoms. The van der Waals surface area contributed by atoms with Crippen molar-refractivity contribution in [1.29, 1.82) is 0 Å². The summed E-state index contributed by atoms with van der Waals surface area (Å²) in [7, 11) is 1.86. The van der Waals surface area contributed by atoms with Crippen LogP contribution in [0.4, 0.5) is 0 Å². The number of carboxylic acids is 1. The number of aliphatic carboxylic acids is 1. The normalized spacial score (nSPS) is 19.1. The number of hydrogen-bond acceptors (Lipinski definition) is 4. The van der Waals surface area contributed by atoms with Crippen LogP contribution in [0.25, 0.3) is 10.4 Å². The van der Waals surface area contributed by atoms with Crippen LogP contribution >= 0.6 is 11.3 Å². The first kappa shape index (κ1) is 19.2. The van der Waals surface area contributed by atoms with Gasteiger partial charge in [-0.3, -0.25) is 14.5 Å². The zero-order valence-electron chi connectivity index (χ0n) is 16.2. The molecule has 1 N–H and O–H groups in total. The number of nitrogens with zero attached hydrogens (tertiary/aromatic N) is 2. The van der Waals surface area contributed by atoms with Crippen molar-refractivity contribution < 1.29 is 14.7 Å². The first-order valence-electron chi connectivity index (χ1n) is 9.95. The third-order valence-electron chi connectivity index (χ3n) is 5.94. The molecule has 1 unspecified atom stereocenters. The molecule has 28 heavy (non-hydrogen) atoms. The smallest absolute Gasteiger partial charge is 0.317 e. The fourth-order valence-corrected chi connectivity index (χ4v) is 5.64. The second kappa shape index (κ2) is 8.05. The Labute approximate surface area is 169 Å². The lowest BCUT2D eigenvalue weighted by molar-refractivity contribution is -0.138. The van der Waals surface area contributed by atoms with Gasteiger partial charge in [0.2, 0.25) is 0 Å². The summed E-state index contributed by atoms with van der Waals surface area (Å²) in [5.41, 5.74) is 3.94. The van der Waals surface area contributed by atoms with Crippen LogP contribution in [0.1, 0.15) is 40.1 Å². The van der Waals surface area contributed by atoms with Crippen LogP contribution in [-0.2, 0) is 17.6 Å². The molecule has 1 aromatic heterocycles. The topological polar surface area (TPSA) is 60.9 Å². The van der Waals surface area contributed by atoms with Gasteiger partial charge >= 0.3 is 5.97 Å². The van der Waals surface area contributed by atoms with Crippen molar-refractivity contribution in [3.05, 3.63) is 46.3 Å². The summed E-state index contributed by atoms with van der Waals surface area (Å²) in [4.78, 5) is 30.1. The molecule has 2 heterocycles. The molecule has 0 saturated carbocycles. The average molecular weight is 399 g/mol. The highest BCUT2D eigenvalue weighted by Gasteiger charge is 2.27. The molecule has 5 nitrogen and oxygen atoms in total. The van der Waals surface area contributed by atoms with Crippen LogP contribution < -0.4 is 0 Å². The van der Waals surface area contributed by atoms with Gasteiger partial charge in [-0.05, 0) is 61.9 Å². The minimum Gasteiger partial charge on any atom is -0.480 e. The van der Waals surface area contributed by atoms with Crippen LogP contribution in [0.5, 0.6) is 0 Å². The van der Waals surface area contributed by atoms with E-state index < -0.39 is 5.97 Å². The number of fused-ring (bicyclic) bond motifs is 3. The molecule has 1 aromatic carbocycles. The number of likely N-dealkylation sites (tertiary alicyclic amines) is 1. The van der Waals surface area contributed by atoms with Crippen LogP contribution in [0.15, 0.2) is 30.3 Å². The lowest BCUT2D eigenvalue weighted by Gasteiger charge is -2.25. The third kappa shape index (κ3) is 3.84. The van der Waals surface area contributed by atoms with Crippen LogP contribution in [0, 0.1) is 0 Å². The molecule has 4 rings (SSSR count). The van der Waals surface area contributed by atoms with Crippen LogP contribution in [0.3, 0.4) is 0 Å². The van der Waals surface area contributed by atoms with E-state index in [9.17, 15) is 9.59 Å². The van der Waals surface area contributed by atoms with Gasteiger partial charge in [0.1, 0.15) is 0 Å². The zero-order valence-corrected chi connectivity index (χ0v) is 17.0. The van der Waals surface area contributed by atoms with Crippen LogP contribution in [-0.4, -0.2) is 59.5 Å². The molecule has 1 aliphatic heterocycles. The Balaban J connectivity index is 1.47. The Morgan fingerprint density at radius 2 is 1.96 bits per heavy atom. The Kier molecular flexibility index (Phi) is 5.51. The summed E-state index contributed by atoms with van der Waals surface area (Å²) < 4.78 is 0. The predicted octanol–water partition coefficient (Wildman–Crippen LogP) is 3.52. The van der Waals surface area contributed by atoms with E-state index in [-0.39, 0.29) is 18.5 Å². The van der Waals surface area contributed by atoms with Gasteiger partial charge in [-0.25, -0.2) is 0 Å². The molecule has 1 atom stereocenters. The summed E-state index contributed by atoms with van der Waals surface area (Å²) in [5.74, 6) is -0.678. The minimum absolute atomic E-state index is 0.0513. The zero-order chi connectivity index (χ0) is 19.7. The summed E-state index contributed by atoms with van der Waals surface area (Å²) in [6.45, 7) is 1.48. The number of likely N-dealkylation sites (N-methyl/N-ethyl adjacent to an activating group) is 1. The second-order valence-corrected chi connectivity index (χ2v) is 8.86. The number of rotatable bonds is 4. The van der Waals surface area contributed by atoms with Crippen molar-refractivity contribution in [1.82, 2.24) is 9.80 Å². The number of amides is 1. The van der Waals surface area contributed by atoms with E-state index in [0.29, 0.717) is 6.54 Å². The van der Waals surface area contributed by atoms with E-state index in [1.54, 1.807) is 11.3 Å². The molecule has 2 aromatic rings. The molecule has 148 valence electrons. The van der Waals surface area contributed by atoms with E-state index >= 15 is 0 Å². The Morgan fingerprint density at radius 3 is 2.79 bits per heavy atom. The van der Waals surface area contributed by atoms with E-state index in [1.165, 1.54) is 21.6 Å². The number of thiophene rings is 1. The fourth-order valence-electron chi connectivity index (χ4n) is 4.40. The molecule has 1 fully saturated rings. The number of benzene rings is 1. The van der Waals surface area contributed by atoms with Crippen molar-refractivity contribution in [2.24, 2.45) is 0 Å². The maximum absolute atomic E-state index is 13.2. The molecule has 0 spiro atoms. The maximum atomic E-state index is 13.2. The van der Waals surface area contributed by atoms with Crippen molar-refractivity contribution in [3.63, 3.8) is 0 Å². The van der Waals surface area contributed by atoms with Gasteiger partial charge in [-0.2, -0.15) is 0 Å². The van der Waals surface area contributed by atoms with Gasteiger partial charge in [0.05, 0.1) is 11.4 Å². The molecule has 1 saturated heterocycles. The first-order valence-corrected chi connectivity index (χ1v) is 10.8. The lowest BCUT2D eigenvalue weighted by Crippen LogP contribution is -2.37. The molecule has 0 radical (unpaired) electrons. The molecule has 1 aliphatic carbocycles. The number of carbonyl (C=O) groups is 2. The highest BCUT2D eigenvalue weighted by molar-refractivity contribution is 7.17. The first-order chi connectivity index (χ1) is 13.5. The lowest BCUT2D eigenvalue weighted by atomic mass is 9.91. The number of aryl methyl sites for hydroxylation is 2. The van der Waals surface area contributed by atoms with E-state index in [4.69, 9.17) is 5.11 Å². The van der Waals surface area contributed by atoms with Gasteiger partial charge < -0.3 is 10.0 Å². The summed E-state index contributed by atoms with van der Waals surface area (Å²) >= 11 is 1.62. The molecule has 1 amide bonds. The standard InChI is InChI=1S/C22H26N2O3S/c1-23(14-20(25)26)17-6-4-11-24(12-10-17)22(27)19-13-16-9-8-15-5-2-3-7-18(15)21(16)28-19/h2-3,5,7,13,17H,4,6,8-12,14H2,1H3,(H,25,26). The minimum atomic E-state index is -0.802. The van der Waals surface area contributed by atoms with Gasteiger partial charge in [-0.1, -0.05) is 24.3 Å². The summed E-state index contributed by atoms with van der Waals surface area (Å²) in [6.07, 6.45) is 4.70. The fraction of sp³-hybridized carbons (Fsp3) is 0.455. The van der Waals surface area contributed by atoms with Gasteiger partial charge in [-0.15, -0.1) is 11.3 Å². The van der Waals surface area contributed by atoms with Gasteiger partial charge in [0.25, 0.3) is 5.91 Å². The summed E-state index contributed by atoms with van der Waals surface area (Å²) in [5, 5.41) is 9.02. The monoisotopic (exact) mass is 398 g/mol. The SMILES string of the molecule is CN(CC(=O)O)C1CCCN(C(=O)c2cc3c(s2)-c2ccccc2CC3)CC1. The maximum Gasteiger partial charge on any atom is 0.317 e. The third-order valence-corrected chi connectivity index (χ3v) is 7.14. The van der Waals surface area contributed by atoms with Crippen molar-refractivity contribution in [2.45, 2.75) is 38.1 Å². The highest BCUT2D eigenvalue weighted by atomic mass is 32.1. The molecule has 2 aliphatic rings. The van der Waals surface area contributed by atoms with Crippen molar-refractivity contribution in [3.8, 4) is 10.4 Å². The Hall–Kier alpha value is -2.18. The van der Waals surface area contributed by atoms with E-state index in [0.717, 1.165) is 43.5 Å². The Bertz CT molecular complexity index is 892. The van der Waals surface area contributed by atoms with E-state index in [1.807, 2.05) is 16.8 Å². The van der Waals surface area contributed by atoms with Crippen LogP contribution in [0.2, 0.25) is 0 Å². The molecule has 0 bridgehead atoms.